The van der Waals surface area contributed by atoms with Crippen molar-refractivity contribution in [2.24, 2.45) is 5.92 Å². The van der Waals surface area contributed by atoms with Gasteiger partial charge in [0.15, 0.2) is 0 Å². The first-order chi connectivity index (χ1) is 8.53. The van der Waals surface area contributed by atoms with Gasteiger partial charge in [0.05, 0.1) is 20.3 Å². The molecule has 0 amide bonds. The molecule has 1 aromatic rings. The number of aliphatic carboxylic acids is 1. The van der Waals surface area contributed by atoms with Gasteiger partial charge in [0, 0.05) is 0 Å². The topological polar surface area (TPSA) is 106 Å². The van der Waals surface area contributed by atoms with Crippen molar-refractivity contribution in [1.29, 1.82) is 5.26 Å². The van der Waals surface area contributed by atoms with Gasteiger partial charge in [0.2, 0.25) is 0 Å². The van der Waals surface area contributed by atoms with Crippen molar-refractivity contribution in [3.8, 4) is 17.6 Å². The van der Waals surface area contributed by atoms with E-state index in [9.17, 15) is 4.79 Å². The second-order valence-corrected chi connectivity index (χ2v) is 3.64. The number of nitriles is 1. The van der Waals surface area contributed by atoms with E-state index in [-0.39, 0.29) is 6.42 Å². The maximum atomic E-state index is 10.8. The van der Waals surface area contributed by atoms with Crippen LogP contribution in [0.2, 0.25) is 0 Å². The van der Waals surface area contributed by atoms with Crippen LogP contribution < -0.4 is 15.2 Å². The van der Waals surface area contributed by atoms with Gasteiger partial charge in [0.25, 0.3) is 0 Å². The first kappa shape index (κ1) is 13.6. The van der Waals surface area contributed by atoms with E-state index >= 15 is 0 Å². The molecule has 0 aliphatic heterocycles. The molecule has 6 nitrogen and oxygen atoms in total. The molecule has 0 spiro atoms. The van der Waals surface area contributed by atoms with Crippen LogP contribution >= 0.6 is 0 Å². The van der Waals surface area contributed by atoms with Crippen LogP contribution in [0.1, 0.15) is 5.56 Å². The second kappa shape index (κ2) is 5.77. The molecule has 1 atom stereocenters. The molecule has 18 heavy (non-hydrogen) atoms. The number of rotatable bonds is 5. The van der Waals surface area contributed by atoms with Gasteiger partial charge in [0.1, 0.15) is 23.1 Å². The molecule has 0 fully saturated rings. The smallest absolute Gasteiger partial charge is 0.321 e. The Hall–Kier alpha value is -2.42. The van der Waals surface area contributed by atoms with E-state index in [0.29, 0.717) is 22.7 Å². The van der Waals surface area contributed by atoms with E-state index in [1.807, 2.05) is 0 Å². The largest absolute Gasteiger partial charge is 0.494 e. The number of nitrogen functional groups attached to an aromatic ring is 1. The van der Waals surface area contributed by atoms with E-state index in [1.165, 1.54) is 14.2 Å². The van der Waals surface area contributed by atoms with Crippen LogP contribution in [0.5, 0.6) is 11.5 Å². The highest BCUT2D eigenvalue weighted by Crippen LogP contribution is 2.33. The van der Waals surface area contributed by atoms with Crippen LogP contribution in [0.4, 0.5) is 5.69 Å². The molecule has 96 valence electrons. The summed E-state index contributed by atoms with van der Waals surface area (Å²) in [5.74, 6) is -1.48. The molecule has 3 N–H and O–H groups in total. The average molecular weight is 250 g/mol. The van der Waals surface area contributed by atoms with Crippen LogP contribution in [0.25, 0.3) is 0 Å². The Bertz CT molecular complexity index is 468. The number of methoxy groups -OCH3 is 2. The Balaban J connectivity index is 3.11. The zero-order chi connectivity index (χ0) is 13.7. The molecular formula is C12H14N2O4. The van der Waals surface area contributed by atoms with E-state index in [4.69, 9.17) is 25.6 Å². The van der Waals surface area contributed by atoms with E-state index in [1.54, 1.807) is 18.2 Å². The number of nitrogens with zero attached hydrogens (tertiary/aromatic N) is 1. The number of ether oxygens (including phenoxy) is 2. The third-order valence-electron chi connectivity index (χ3n) is 2.50. The number of benzene rings is 1. The van der Waals surface area contributed by atoms with Crippen LogP contribution in [-0.4, -0.2) is 25.3 Å². The fourth-order valence-corrected chi connectivity index (χ4v) is 1.53. The maximum Gasteiger partial charge on any atom is 0.321 e. The molecule has 6 heteroatoms. The number of hydrogen-bond donors (Lipinski definition) is 2. The number of anilines is 1. The molecule has 0 heterocycles. The molecular weight excluding hydrogens is 236 g/mol. The summed E-state index contributed by atoms with van der Waals surface area (Å²) in [5, 5.41) is 17.6. The molecule has 0 saturated heterocycles. The van der Waals surface area contributed by atoms with Gasteiger partial charge in [-0.25, -0.2) is 0 Å². The van der Waals surface area contributed by atoms with Crippen molar-refractivity contribution in [3.05, 3.63) is 17.7 Å². The Morgan fingerprint density at radius 1 is 1.44 bits per heavy atom. The standard InChI is InChI=1S/C12H14N2O4/c1-17-9-4-7(3-8(6-13)12(15)16)5-10(18-2)11(9)14/h4-5,8H,3,14H2,1-2H3,(H,15,16). The van der Waals surface area contributed by atoms with Crippen molar-refractivity contribution in [3.63, 3.8) is 0 Å². The summed E-state index contributed by atoms with van der Waals surface area (Å²) in [4.78, 5) is 10.8. The summed E-state index contributed by atoms with van der Waals surface area (Å²) >= 11 is 0. The highest BCUT2D eigenvalue weighted by Gasteiger charge is 2.19. The Morgan fingerprint density at radius 3 is 2.28 bits per heavy atom. The molecule has 0 aliphatic rings. The van der Waals surface area contributed by atoms with Gasteiger partial charge in [-0.1, -0.05) is 0 Å². The molecule has 0 aliphatic carbocycles. The summed E-state index contributed by atoms with van der Waals surface area (Å²) in [6.45, 7) is 0. The van der Waals surface area contributed by atoms with Crippen molar-refractivity contribution >= 4 is 11.7 Å². The maximum absolute atomic E-state index is 10.8. The normalized spacial score (nSPS) is 11.4. The highest BCUT2D eigenvalue weighted by molar-refractivity contribution is 5.73. The summed E-state index contributed by atoms with van der Waals surface area (Å²) in [6, 6.07) is 4.93. The minimum Gasteiger partial charge on any atom is -0.494 e. The number of carboxylic acids is 1. The number of carboxylic acid groups (broad SMARTS) is 1. The van der Waals surface area contributed by atoms with Crippen molar-refractivity contribution in [1.82, 2.24) is 0 Å². The fraction of sp³-hybridized carbons (Fsp3) is 0.333. The van der Waals surface area contributed by atoms with E-state index in [2.05, 4.69) is 0 Å². The third kappa shape index (κ3) is 2.83. The monoisotopic (exact) mass is 250 g/mol. The molecule has 0 radical (unpaired) electrons. The van der Waals surface area contributed by atoms with Crippen LogP contribution in [0, 0.1) is 17.2 Å². The van der Waals surface area contributed by atoms with Gasteiger partial charge in [-0.2, -0.15) is 5.26 Å². The zero-order valence-corrected chi connectivity index (χ0v) is 10.1. The molecule has 1 rings (SSSR count). The van der Waals surface area contributed by atoms with Gasteiger partial charge in [-0.3, -0.25) is 4.79 Å². The quantitative estimate of drug-likeness (QED) is 0.757. The van der Waals surface area contributed by atoms with Crippen LogP contribution in [0.3, 0.4) is 0 Å². The molecule has 0 bridgehead atoms. The summed E-state index contributed by atoms with van der Waals surface area (Å²) in [5.41, 5.74) is 6.72. The molecule has 0 saturated carbocycles. The first-order valence-corrected chi connectivity index (χ1v) is 5.16. The predicted octanol–water partition coefficient (Wildman–Crippen LogP) is 1.05. The number of hydrogen-bond acceptors (Lipinski definition) is 5. The van der Waals surface area contributed by atoms with Crippen molar-refractivity contribution in [2.75, 3.05) is 20.0 Å². The molecule has 0 aromatic heterocycles. The average Bonchev–Trinajstić information content (AvgIpc) is 2.36. The van der Waals surface area contributed by atoms with Crippen molar-refractivity contribution < 1.29 is 19.4 Å². The third-order valence-corrected chi connectivity index (χ3v) is 2.50. The van der Waals surface area contributed by atoms with Crippen molar-refractivity contribution in [2.45, 2.75) is 6.42 Å². The lowest BCUT2D eigenvalue weighted by Gasteiger charge is -2.12. The Labute approximate surface area is 105 Å². The lowest BCUT2D eigenvalue weighted by Crippen LogP contribution is -2.14. The Kier molecular flexibility index (Phi) is 4.38. The predicted molar refractivity (Wildman–Crippen MR) is 64.4 cm³/mol. The lowest BCUT2D eigenvalue weighted by atomic mass is 10.00. The summed E-state index contributed by atoms with van der Waals surface area (Å²) in [7, 11) is 2.90. The fourth-order valence-electron chi connectivity index (χ4n) is 1.53. The molecule has 1 unspecified atom stereocenters. The number of carbonyl (C=O) groups is 1. The van der Waals surface area contributed by atoms with Crippen LogP contribution in [-0.2, 0) is 11.2 Å². The summed E-state index contributed by atoms with van der Waals surface area (Å²) in [6.07, 6.45) is 0.0683. The first-order valence-electron chi connectivity index (χ1n) is 5.16. The Morgan fingerprint density at radius 2 is 1.94 bits per heavy atom. The summed E-state index contributed by atoms with van der Waals surface area (Å²) < 4.78 is 10.1. The van der Waals surface area contributed by atoms with Gasteiger partial charge >= 0.3 is 5.97 Å². The minimum absolute atomic E-state index is 0.0683. The van der Waals surface area contributed by atoms with Gasteiger partial charge in [-0.15, -0.1) is 0 Å². The lowest BCUT2D eigenvalue weighted by molar-refractivity contribution is -0.139. The SMILES string of the molecule is COc1cc(CC(C#N)C(=O)O)cc(OC)c1N. The number of nitrogens with two attached hydrogens (primary N) is 1. The minimum atomic E-state index is -1.16. The van der Waals surface area contributed by atoms with Gasteiger partial charge in [-0.05, 0) is 24.1 Å². The molecule has 1 aromatic carbocycles. The zero-order valence-electron chi connectivity index (χ0n) is 10.1. The highest BCUT2D eigenvalue weighted by atomic mass is 16.5. The van der Waals surface area contributed by atoms with Gasteiger partial charge < -0.3 is 20.3 Å². The van der Waals surface area contributed by atoms with Crippen LogP contribution in [0.15, 0.2) is 12.1 Å². The second-order valence-electron chi connectivity index (χ2n) is 3.64. The van der Waals surface area contributed by atoms with E-state index < -0.39 is 11.9 Å². The van der Waals surface area contributed by atoms with E-state index in [0.717, 1.165) is 0 Å².